The molecule has 0 amide bonds. The normalized spacial score (nSPS) is 23.4. The van der Waals surface area contributed by atoms with Gasteiger partial charge < -0.3 is 9.57 Å². The summed E-state index contributed by atoms with van der Waals surface area (Å²) in [6.07, 6.45) is 1.38. The molecule has 0 radical (unpaired) electrons. The van der Waals surface area contributed by atoms with E-state index in [0.29, 0.717) is 6.42 Å². The topological polar surface area (TPSA) is 64.8 Å². The summed E-state index contributed by atoms with van der Waals surface area (Å²) in [5.74, 6) is 4.22. The minimum absolute atomic E-state index is 0.282. The second-order valence-corrected chi connectivity index (χ2v) is 1.98. The van der Waals surface area contributed by atoms with E-state index >= 15 is 0 Å². The van der Waals surface area contributed by atoms with Gasteiger partial charge in [-0.25, -0.2) is 0 Å². The molecular formula is C5H9NO3. The molecule has 9 heavy (non-hydrogen) atoms. The number of ether oxygens (including phenoxy) is 1. The Balaban J connectivity index is 1.96. The lowest BCUT2D eigenvalue weighted by molar-refractivity contribution is -0.144. The molecule has 1 fully saturated rings. The van der Waals surface area contributed by atoms with Gasteiger partial charge in [-0.3, -0.25) is 4.79 Å². The van der Waals surface area contributed by atoms with Gasteiger partial charge in [0.2, 0.25) is 0 Å². The number of carbonyl (C=O) groups is 1. The van der Waals surface area contributed by atoms with Crippen LogP contribution in [-0.4, -0.2) is 18.7 Å². The van der Waals surface area contributed by atoms with Gasteiger partial charge in [0.1, 0.15) is 0 Å². The van der Waals surface area contributed by atoms with Crippen molar-refractivity contribution in [2.45, 2.75) is 18.9 Å². The first-order chi connectivity index (χ1) is 4.33. The van der Waals surface area contributed by atoms with Gasteiger partial charge in [0.15, 0.2) is 0 Å². The first-order valence-electron chi connectivity index (χ1n) is 2.84. The van der Waals surface area contributed by atoms with E-state index in [2.05, 4.69) is 10.7 Å². The van der Waals surface area contributed by atoms with Crippen LogP contribution in [0.2, 0.25) is 0 Å². The van der Waals surface area contributed by atoms with Crippen LogP contribution in [0.3, 0.4) is 0 Å². The average molecular weight is 131 g/mol. The van der Waals surface area contributed by atoms with Crippen molar-refractivity contribution in [1.82, 2.24) is 0 Å². The molecule has 4 nitrogen and oxygen atoms in total. The Bertz CT molecular complexity index is 111. The van der Waals surface area contributed by atoms with Gasteiger partial charge in [-0.05, 0) is 6.42 Å². The summed E-state index contributed by atoms with van der Waals surface area (Å²) in [4.78, 5) is 14.3. The molecule has 4 heteroatoms. The highest BCUT2D eigenvalue weighted by atomic mass is 16.7. The summed E-state index contributed by atoms with van der Waals surface area (Å²) < 4.78 is 4.85. The summed E-state index contributed by atoms with van der Waals surface area (Å²) >= 11 is 0. The fourth-order valence-electron chi connectivity index (χ4n) is 0.572. The Labute approximate surface area is 52.9 Å². The van der Waals surface area contributed by atoms with Crippen LogP contribution in [0.5, 0.6) is 0 Å². The molecule has 1 rings (SSSR count). The molecule has 1 aliphatic rings. The second-order valence-electron chi connectivity index (χ2n) is 1.98. The van der Waals surface area contributed by atoms with Crippen LogP contribution in [0.15, 0.2) is 0 Å². The van der Waals surface area contributed by atoms with Gasteiger partial charge in [-0.2, -0.15) is 5.90 Å². The fraction of sp³-hybridized carbons (Fsp3) is 0.800. The van der Waals surface area contributed by atoms with E-state index in [4.69, 9.17) is 4.74 Å². The van der Waals surface area contributed by atoms with Crippen molar-refractivity contribution in [2.75, 3.05) is 6.61 Å². The van der Waals surface area contributed by atoms with Crippen LogP contribution in [0.25, 0.3) is 0 Å². The first-order valence-corrected chi connectivity index (χ1v) is 2.84. The molecule has 1 atom stereocenters. The van der Waals surface area contributed by atoms with Gasteiger partial charge in [0.05, 0.1) is 12.7 Å². The van der Waals surface area contributed by atoms with Crippen LogP contribution in [-0.2, 0) is 14.4 Å². The molecule has 1 heterocycles. The third-order valence-electron chi connectivity index (χ3n) is 1.20. The van der Waals surface area contributed by atoms with Crippen LogP contribution < -0.4 is 5.90 Å². The summed E-state index contributed by atoms with van der Waals surface area (Å²) in [5.41, 5.74) is 0. The molecular weight excluding hydrogens is 122 g/mol. The zero-order valence-electron chi connectivity index (χ0n) is 5.00. The SMILES string of the molecule is NOC(=O)CCC1CO1. The van der Waals surface area contributed by atoms with Gasteiger partial charge in [0, 0.05) is 6.42 Å². The maximum Gasteiger partial charge on any atom is 0.324 e. The third-order valence-corrected chi connectivity index (χ3v) is 1.20. The van der Waals surface area contributed by atoms with Crippen LogP contribution in [0.1, 0.15) is 12.8 Å². The number of rotatable bonds is 3. The van der Waals surface area contributed by atoms with Crippen LogP contribution >= 0.6 is 0 Å². The highest BCUT2D eigenvalue weighted by molar-refractivity contribution is 5.68. The van der Waals surface area contributed by atoms with Crippen molar-refractivity contribution in [3.63, 3.8) is 0 Å². The zero-order valence-corrected chi connectivity index (χ0v) is 5.00. The number of nitrogens with two attached hydrogens (primary N) is 1. The van der Waals surface area contributed by atoms with Gasteiger partial charge >= 0.3 is 5.97 Å². The van der Waals surface area contributed by atoms with Crippen LogP contribution in [0, 0.1) is 0 Å². The molecule has 0 spiro atoms. The van der Waals surface area contributed by atoms with E-state index in [9.17, 15) is 4.79 Å². The lowest BCUT2D eigenvalue weighted by atomic mass is 10.2. The highest BCUT2D eigenvalue weighted by Gasteiger charge is 2.22. The Morgan fingerprint density at radius 2 is 2.56 bits per heavy atom. The summed E-state index contributed by atoms with van der Waals surface area (Å²) in [6.45, 7) is 0.776. The van der Waals surface area contributed by atoms with E-state index in [1.807, 2.05) is 0 Å². The maximum absolute atomic E-state index is 10.3. The van der Waals surface area contributed by atoms with Crippen molar-refractivity contribution in [3.8, 4) is 0 Å². The molecule has 2 N–H and O–H groups in total. The summed E-state index contributed by atoms with van der Waals surface area (Å²) in [7, 11) is 0. The number of hydrogen-bond donors (Lipinski definition) is 1. The lowest BCUT2D eigenvalue weighted by Gasteiger charge is -1.92. The molecule has 52 valence electrons. The minimum Gasteiger partial charge on any atom is -0.373 e. The standard InChI is InChI=1S/C5H9NO3/c6-9-5(7)2-1-4-3-8-4/h4H,1-3,6H2. The maximum atomic E-state index is 10.3. The van der Waals surface area contributed by atoms with Gasteiger partial charge in [0.25, 0.3) is 0 Å². The summed E-state index contributed by atoms with van der Waals surface area (Å²) in [6, 6.07) is 0. The van der Waals surface area contributed by atoms with Gasteiger partial charge in [-0.1, -0.05) is 0 Å². The second kappa shape index (κ2) is 2.80. The third kappa shape index (κ3) is 2.43. The highest BCUT2D eigenvalue weighted by Crippen LogP contribution is 2.14. The monoisotopic (exact) mass is 131 g/mol. The minimum atomic E-state index is -0.370. The molecule has 1 unspecified atom stereocenters. The van der Waals surface area contributed by atoms with Crippen LogP contribution in [0.4, 0.5) is 0 Å². The number of epoxide rings is 1. The van der Waals surface area contributed by atoms with Crippen molar-refractivity contribution < 1.29 is 14.4 Å². The zero-order chi connectivity index (χ0) is 6.69. The Kier molecular flexibility index (Phi) is 2.02. The van der Waals surface area contributed by atoms with E-state index in [1.165, 1.54) is 0 Å². The molecule has 0 aromatic carbocycles. The van der Waals surface area contributed by atoms with Crippen molar-refractivity contribution in [2.24, 2.45) is 5.90 Å². The average Bonchev–Trinajstić information content (AvgIpc) is 2.65. The van der Waals surface area contributed by atoms with E-state index in [1.54, 1.807) is 0 Å². The molecule has 0 aromatic rings. The Hall–Kier alpha value is -0.610. The van der Waals surface area contributed by atoms with Gasteiger partial charge in [-0.15, -0.1) is 0 Å². The number of hydrogen-bond acceptors (Lipinski definition) is 4. The molecule has 0 aliphatic carbocycles. The lowest BCUT2D eigenvalue weighted by Crippen LogP contribution is -2.10. The van der Waals surface area contributed by atoms with E-state index in [0.717, 1.165) is 13.0 Å². The molecule has 0 saturated carbocycles. The van der Waals surface area contributed by atoms with E-state index < -0.39 is 0 Å². The largest absolute Gasteiger partial charge is 0.373 e. The summed E-state index contributed by atoms with van der Waals surface area (Å²) in [5, 5.41) is 0. The molecule has 1 aliphatic heterocycles. The van der Waals surface area contributed by atoms with Crippen molar-refractivity contribution >= 4 is 5.97 Å². The Morgan fingerprint density at radius 3 is 3.00 bits per heavy atom. The fourth-order valence-corrected chi connectivity index (χ4v) is 0.572. The molecule has 0 aromatic heterocycles. The van der Waals surface area contributed by atoms with E-state index in [-0.39, 0.29) is 12.1 Å². The molecule has 1 saturated heterocycles. The van der Waals surface area contributed by atoms with Crippen molar-refractivity contribution in [1.29, 1.82) is 0 Å². The first kappa shape index (κ1) is 6.51. The quantitative estimate of drug-likeness (QED) is 0.417. The smallest absolute Gasteiger partial charge is 0.324 e. The predicted octanol–water partition coefficient (Wildman–Crippen LogP) is -0.418. The number of carbonyl (C=O) groups excluding carboxylic acids is 1. The molecule has 0 bridgehead atoms. The Morgan fingerprint density at radius 1 is 1.89 bits per heavy atom. The van der Waals surface area contributed by atoms with Crippen molar-refractivity contribution in [3.05, 3.63) is 0 Å². The predicted molar refractivity (Wildman–Crippen MR) is 29.3 cm³/mol.